The van der Waals surface area contributed by atoms with Gasteiger partial charge in [-0.05, 0) is 55.8 Å². The zero-order valence-electron chi connectivity index (χ0n) is 14.2. The Balaban J connectivity index is 2.45. The number of carbonyl (C=O) groups is 1. The van der Waals surface area contributed by atoms with E-state index in [1.54, 1.807) is 13.0 Å². The smallest absolute Gasteiger partial charge is 0.374 e. The molecule has 0 aromatic heterocycles. The van der Waals surface area contributed by atoms with Crippen LogP contribution in [0.4, 0.5) is 23.3 Å². The van der Waals surface area contributed by atoms with Crippen molar-refractivity contribution in [2.24, 2.45) is 0 Å². The molecule has 5 nitrogen and oxygen atoms in total. The highest BCUT2D eigenvalue weighted by Gasteiger charge is 2.65. The van der Waals surface area contributed by atoms with Crippen LogP contribution in [0.25, 0.3) is 0 Å². The third-order valence-corrected chi connectivity index (χ3v) is 5.82. The van der Waals surface area contributed by atoms with Crippen LogP contribution in [-0.2, 0) is 14.6 Å². The molecule has 0 aliphatic heterocycles. The topological polar surface area (TPSA) is 74.7 Å². The summed E-state index contributed by atoms with van der Waals surface area (Å²) >= 11 is 0. The molecule has 2 aromatic rings. The summed E-state index contributed by atoms with van der Waals surface area (Å²) in [6.07, 6.45) is 0. The molecule has 1 N–H and O–H groups in total. The van der Waals surface area contributed by atoms with Crippen molar-refractivity contribution in [3.63, 3.8) is 0 Å². The second kappa shape index (κ2) is 6.93. The van der Waals surface area contributed by atoms with Crippen molar-refractivity contribution >= 4 is 21.4 Å². The number of hydrogen-bond donors (Lipinski definition) is 1. The second-order valence-corrected chi connectivity index (χ2v) is 7.96. The summed E-state index contributed by atoms with van der Waals surface area (Å²) in [6, 6.07) is 7.44. The van der Waals surface area contributed by atoms with E-state index >= 15 is 0 Å². The standard InChI is InChI=1S/C17H15F4NO4S/c1-11-4-3-5-13(10-11)22(21)15(23)16(2,24)17(19,20)27(25,26)14-8-6-12(18)7-9-14/h3-10,24H,1-2H3. The van der Waals surface area contributed by atoms with Crippen molar-refractivity contribution in [1.29, 1.82) is 0 Å². The van der Waals surface area contributed by atoms with Gasteiger partial charge in [0.2, 0.25) is 15.4 Å². The molecule has 0 spiro atoms. The van der Waals surface area contributed by atoms with E-state index < -0.39 is 48.1 Å². The first-order valence-corrected chi connectivity index (χ1v) is 8.98. The number of sulfone groups is 1. The van der Waals surface area contributed by atoms with Crippen LogP contribution in [0.5, 0.6) is 0 Å². The van der Waals surface area contributed by atoms with Crippen LogP contribution < -0.4 is 5.12 Å². The molecule has 10 heteroatoms. The highest BCUT2D eigenvalue weighted by atomic mass is 32.2. The SMILES string of the molecule is Cc1cccc(N(F)C(=O)C(C)(O)C(F)(F)S(=O)(=O)c2ccc(F)cc2)c1. The monoisotopic (exact) mass is 405 g/mol. The zero-order valence-corrected chi connectivity index (χ0v) is 15.0. The molecule has 0 saturated heterocycles. The number of aryl methyl sites for hydroxylation is 1. The summed E-state index contributed by atoms with van der Waals surface area (Å²) in [4.78, 5) is 11.1. The van der Waals surface area contributed by atoms with Gasteiger partial charge >= 0.3 is 5.25 Å². The normalized spacial score (nSPS) is 14.5. The summed E-state index contributed by atoms with van der Waals surface area (Å²) in [5.41, 5.74) is -3.91. The van der Waals surface area contributed by atoms with Crippen LogP contribution in [0.3, 0.4) is 0 Å². The highest BCUT2D eigenvalue weighted by molar-refractivity contribution is 7.92. The van der Waals surface area contributed by atoms with Gasteiger partial charge in [-0.1, -0.05) is 16.6 Å². The van der Waals surface area contributed by atoms with E-state index in [4.69, 9.17) is 0 Å². The van der Waals surface area contributed by atoms with E-state index in [0.717, 1.165) is 12.1 Å². The fourth-order valence-corrected chi connectivity index (χ4v) is 3.61. The van der Waals surface area contributed by atoms with Gasteiger partial charge in [-0.15, -0.1) is 5.12 Å². The molecule has 0 radical (unpaired) electrons. The van der Waals surface area contributed by atoms with E-state index in [-0.39, 0.29) is 6.92 Å². The minimum absolute atomic E-state index is 0.193. The van der Waals surface area contributed by atoms with E-state index in [2.05, 4.69) is 0 Å². The molecule has 1 unspecified atom stereocenters. The van der Waals surface area contributed by atoms with Gasteiger partial charge in [0, 0.05) is 0 Å². The van der Waals surface area contributed by atoms with Gasteiger partial charge in [0.05, 0.1) is 10.6 Å². The Bertz CT molecular complexity index is 959. The van der Waals surface area contributed by atoms with Gasteiger partial charge in [0.1, 0.15) is 5.82 Å². The van der Waals surface area contributed by atoms with Crippen molar-refractivity contribution in [3.8, 4) is 0 Å². The maximum atomic E-state index is 14.6. The number of alkyl halides is 2. The molecule has 1 atom stereocenters. The Hall–Kier alpha value is -2.46. The van der Waals surface area contributed by atoms with Gasteiger partial charge in [-0.3, -0.25) is 4.79 Å². The number of amides is 1. The quantitative estimate of drug-likeness (QED) is 0.471. The van der Waals surface area contributed by atoms with Crippen LogP contribution >= 0.6 is 0 Å². The maximum absolute atomic E-state index is 14.6. The molecule has 1 amide bonds. The first-order chi connectivity index (χ1) is 12.3. The second-order valence-electron chi connectivity index (χ2n) is 5.97. The Morgan fingerprint density at radius 1 is 1.11 bits per heavy atom. The minimum atomic E-state index is -5.65. The minimum Gasteiger partial charge on any atom is -0.374 e. The Morgan fingerprint density at radius 3 is 2.19 bits per heavy atom. The van der Waals surface area contributed by atoms with Gasteiger partial charge in [0.15, 0.2) is 0 Å². The van der Waals surface area contributed by atoms with E-state index in [1.165, 1.54) is 6.07 Å². The molecule has 0 bridgehead atoms. The van der Waals surface area contributed by atoms with Crippen LogP contribution in [-0.4, -0.2) is 30.3 Å². The number of benzene rings is 2. The van der Waals surface area contributed by atoms with Crippen molar-refractivity contribution < 1.29 is 36.0 Å². The van der Waals surface area contributed by atoms with E-state index in [9.17, 15) is 36.0 Å². The van der Waals surface area contributed by atoms with Gasteiger partial charge in [-0.25, -0.2) is 12.8 Å². The van der Waals surface area contributed by atoms with Crippen LogP contribution in [0.1, 0.15) is 12.5 Å². The largest absolute Gasteiger partial charge is 0.386 e. The molecule has 0 fully saturated rings. The fraction of sp³-hybridized carbons (Fsp3) is 0.235. The molecule has 2 rings (SSSR count). The fourth-order valence-electron chi connectivity index (χ4n) is 2.21. The third-order valence-electron chi connectivity index (χ3n) is 3.85. The third kappa shape index (κ3) is 3.54. The molecule has 0 saturated carbocycles. The van der Waals surface area contributed by atoms with Crippen LogP contribution in [0.15, 0.2) is 53.4 Å². The number of aliphatic hydroxyl groups is 1. The lowest BCUT2D eigenvalue weighted by molar-refractivity contribution is -0.162. The van der Waals surface area contributed by atoms with Gasteiger partial charge < -0.3 is 5.11 Å². The number of anilines is 1. The Labute approximate surface area is 152 Å². The number of hydrogen-bond acceptors (Lipinski definition) is 4. The van der Waals surface area contributed by atoms with E-state index in [0.29, 0.717) is 29.8 Å². The number of rotatable bonds is 5. The van der Waals surface area contributed by atoms with Crippen molar-refractivity contribution in [3.05, 3.63) is 59.9 Å². The lowest BCUT2D eigenvalue weighted by Crippen LogP contribution is -2.59. The van der Waals surface area contributed by atoms with Crippen molar-refractivity contribution in [1.82, 2.24) is 0 Å². The lowest BCUT2D eigenvalue weighted by Gasteiger charge is -2.32. The molecular weight excluding hydrogens is 390 g/mol. The summed E-state index contributed by atoms with van der Waals surface area (Å²) in [6.45, 7) is 1.74. The molecule has 0 aliphatic carbocycles. The average molecular weight is 405 g/mol. The van der Waals surface area contributed by atoms with Gasteiger partial charge in [-0.2, -0.15) is 8.78 Å². The summed E-state index contributed by atoms with van der Waals surface area (Å²) in [5, 5.41) is 4.17. The molecule has 0 aliphatic rings. The number of carbonyl (C=O) groups excluding carboxylic acids is 1. The summed E-state index contributed by atoms with van der Waals surface area (Å²) in [7, 11) is -5.65. The molecule has 146 valence electrons. The number of nitrogens with zero attached hydrogens (tertiary/aromatic N) is 1. The van der Waals surface area contributed by atoms with Crippen molar-refractivity contribution in [2.45, 2.75) is 29.6 Å². The average Bonchev–Trinajstić information content (AvgIpc) is 2.60. The molecule has 0 heterocycles. The van der Waals surface area contributed by atoms with Gasteiger partial charge in [0.25, 0.3) is 5.91 Å². The predicted molar refractivity (Wildman–Crippen MR) is 88.9 cm³/mol. The zero-order chi connectivity index (χ0) is 20.6. The molecular formula is C17H15F4NO4S. The highest BCUT2D eigenvalue weighted by Crippen LogP contribution is 2.40. The molecule has 2 aromatic carbocycles. The summed E-state index contributed by atoms with van der Waals surface area (Å²) in [5.74, 6) is -3.06. The Morgan fingerprint density at radius 2 is 1.67 bits per heavy atom. The first-order valence-electron chi connectivity index (χ1n) is 7.50. The maximum Gasteiger partial charge on any atom is 0.386 e. The van der Waals surface area contributed by atoms with Crippen LogP contribution in [0.2, 0.25) is 0 Å². The summed E-state index contributed by atoms with van der Waals surface area (Å²) < 4.78 is 80.9. The predicted octanol–water partition coefficient (Wildman–Crippen LogP) is 3.17. The molecule has 27 heavy (non-hydrogen) atoms. The number of halogens is 4. The Kier molecular flexibility index (Phi) is 5.35. The van der Waals surface area contributed by atoms with E-state index in [1.807, 2.05) is 0 Å². The lowest BCUT2D eigenvalue weighted by atomic mass is 10.1. The van der Waals surface area contributed by atoms with Crippen molar-refractivity contribution in [2.75, 3.05) is 5.12 Å². The first kappa shape index (κ1) is 20.8. The van der Waals surface area contributed by atoms with Crippen LogP contribution in [0, 0.1) is 12.7 Å².